The van der Waals surface area contributed by atoms with Crippen LogP contribution in [0.2, 0.25) is 0 Å². The van der Waals surface area contributed by atoms with E-state index in [0.717, 1.165) is 0 Å². The van der Waals surface area contributed by atoms with Crippen LogP contribution < -0.4 is 0 Å². The molecule has 0 aromatic rings. The molecule has 0 atom stereocenters. The van der Waals surface area contributed by atoms with Crippen molar-refractivity contribution in [2.24, 2.45) is 0 Å². The third kappa shape index (κ3) is 1.24. The first-order valence-electron chi connectivity index (χ1n) is 2.36. The molecule has 6 heteroatoms. The fourth-order valence-electron chi connectivity index (χ4n) is 0.227. The Morgan fingerprint density at radius 3 is 0.727 bits per heavy atom. The van der Waals surface area contributed by atoms with Crippen LogP contribution in [0.1, 0.15) is 0 Å². The number of carbonyl (C=O) groups excluding carboxylic acids is 5. The van der Waals surface area contributed by atoms with Crippen molar-refractivity contribution in [3.8, 4) is 0 Å². The van der Waals surface area contributed by atoms with Crippen LogP contribution in [0.15, 0.2) is 0 Å². The van der Waals surface area contributed by atoms with E-state index < -0.39 is 14.8 Å². The Morgan fingerprint density at radius 2 is 0.727 bits per heavy atom. The molecule has 61 valence electrons. The molecule has 0 aliphatic heterocycles. The second-order valence-electron chi connectivity index (χ2n) is 1.84. The molecule has 0 fully saturated rings. The summed E-state index contributed by atoms with van der Waals surface area (Å²) < 4.78 is -0.490. The monoisotopic (exact) mass is 243 g/mol. The van der Waals surface area contributed by atoms with Gasteiger partial charge in [0.15, 0.2) is 0 Å². The van der Waals surface area contributed by atoms with Gasteiger partial charge in [-0.3, -0.25) is 0 Å². The Morgan fingerprint density at radius 1 is 0.545 bits per heavy atom. The predicted molar refractivity (Wildman–Crippen MR) is 33.8 cm³/mol. The van der Waals surface area contributed by atoms with E-state index in [2.05, 4.69) is 0 Å². The van der Waals surface area contributed by atoms with Crippen molar-refractivity contribution in [3.05, 3.63) is 0 Å². The molecular weight excluding hydrogens is 236 g/mol. The summed E-state index contributed by atoms with van der Waals surface area (Å²) in [6.07, 6.45) is 0. The van der Waals surface area contributed by atoms with Gasteiger partial charge in [-0.1, -0.05) is 0 Å². The second-order valence-corrected chi connectivity index (χ2v) is 10.9. The Hall–Kier alpha value is -0.962. The van der Waals surface area contributed by atoms with Crippen molar-refractivity contribution < 1.29 is 38.8 Å². The molecular formula is C5H5MoO5. The quantitative estimate of drug-likeness (QED) is 0.437. The summed E-state index contributed by atoms with van der Waals surface area (Å²) in [6, 6.07) is 0. The summed E-state index contributed by atoms with van der Waals surface area (Å²) in [6.45, 7) is 0. The average Bonchev–Trinajstić information content (AvgIpc) is 2.12. The number of carbonyl (C=O) groups is 5. The van der Waals surface area contributed by atoms with Crippen LogP contribution in [0.3, 0.4) is 0 Å². The molecule has 0 aromatic carbocycles. The minimum absolute atomic E-state index is 0.0980. The maximum absolute atomic E-state index is 10.2. The van der Waals surface area contributed by atoms with E-state index in [-0.39, 0.29) is 23.4 Å². The number of hydrogen-bond donors (Lipinski definition) is 0. The summed E-state index contributed by atoms with van der Waals surface area (Å²) >= 11 is -5.29. The first-order valence-corrected chi connectivity index (χ1v) is 8.15. The van der Waals surface area contributed by atoms with E-state index in [1.807, 2.05) is 0 Å². The van der Waals surface area contributed by atoms with Crippen LogP contribution in [0, 0.1) is 0 Å². The topological polar surface area (TPSA) is 85.3 Å². The van der Waals surface area contributed by atoms with Gasteiger partial charge in [0, 0.05) is 0 Å². The van der Waals surface area contributed by atoms with Crippen LogP contribution in [-0.4, -0.2) is 23.4 Å². The second kappa shape index (κ2) is 2.96. The van der Waals surface area contributed by atoms with Crippen LogP contribution in [-0.2, 0) is 38.8 Å². The van der Waals surface area contributed by atoms with Crippen molar-refractivity contribution in [1.82, 2.24) is 0 Å². The van der Waals surface area contributed by atoms with Crippen molar-refractivity contribution in [1.29, 1.82) is 0 Å². The third-order valence-corrected chi connectivity index (χ3v) is 6.57. The molecule has 0 saturated carbocycles. The Labute approximate surface area is 62.6 Å². The fourth-order valence-corrected chi connectivity index (χ4v) is 1.34. The van der Waals surface area contributed by atoms with Crippen molar-refractivity contribution in [2.75, 3.05) is 0 Å². The molecule has 5 nitrogen and oxygen atoms in total. The molecule has 0 N–H and O–H groups in total. The van der Waals surface area contributed by atoms with Crippen molar-refractivity contribution in [3.63, 3.8) is 0 Å². The molecule has 0 heterocycles. The zero-order valence-corrected chi connectivity index (χ0v) is 7.34. The summed E-state index contributed by atoms with van der Waals surface area (Å²) in [5, 5.41) is 0. The summed E-state index contributed by atoms with van der Waals surface area (Å²) in [4.78, 5) is 51.2. The van der Waals surface area contributed by atoms with Gasteiger partial charge in [-0.25, -0.2) is 0 Å². The predicted octanol–water partition coefficient (Wildman–Crippen LogP) is -1.37. The molecule has 0 amide bonds. The standard InChI is InChI=1S/5CHO.Mo/c5*1-2;/h5*1H;. The molecule has 0 aliphatic carbocycles. The van der Waals surface area contributed by atoms with Gasteiger partial charge in [0.1, 0.15) is 0 Å². The number of hydrogen-bond acceptors (Lipinski definition) is 5. The SMILES string of the molecule is O=[CH][Mo]([CH]=O)([CH]=O)([CH]=O)[CH]=O. The van der Waals surface area contributed by atoms with Gasteiger partial charge in [0.05, 0.1) is 0 Å². The molecule has 0 bridgehead atoms. The van der Waals surface area contributed by atoms with Crippen LogP contribution in [0.5, 0.6) is 0 Å². The van der Waals surface area contributed by atoms with E-state index in [4.69, 9.17) is 0 Å². The molecule has 0 unspecified atom stereocenters. The van der Waals surface area contributed by atoms with Gasteiger partial charge in [0.25, 0.3) is 0 Å². The van der Waals surface area contributed by atoms with Crippen LogP contribution in [0.4, 0.5) is 0 Å². The number of rotatable bonds is 5. The Balaban J connectivity index is 5.51. The van der Waals surface area contributed by atoms with E-state index in [9.17, 15) is 24.0 Å². The molecule has 0 spiro atoms. The summed E-state index contributed by atoms with van der Waals surface area (Å²) in [7, 11) is 0. The van der Waals surface area contributed by atoms with E-state index in [1.165, 1.54) is 0 Å². The van der Waals surface area contributed by atoms with E-state index >= 15 is 0 Å². The average molecular weight is 241 g/mol. The van der Waals surface area contributed by atoms with Gasteiger partial charge in [-0.2, -0.15) is 0 Å². The maximum atomic E-state index is 10.2. The molecule has 0 rings (SSSR count). The molecule has 0 saturated heterocycles. The first kappa shape index (κ1) is 10.0. The summed E-state index contributed by atoms with van der Waals surface area (Å²) in [5.74, 6) is 0. The van der Waals surface area contributed by atoms with Gasteiger partial charge < -0.3 is 0 Å². The zero-order valence-electron chi connectivity index (χ0n) is 5.34. The third-order valence-electron chi connectivity index (χ3n) is 1.11. The zero-order chi connectivity index (χ0) is 8.98. The molecule has 0 aromatic heterocycles. The van der Waals surface area contributed by atoms with Gasteiger partial charge in [-0.15, -0.1) is 0 Å². The molecule has 11 heavy (non-hydrogen) atoms. The summed E-state index contributed by atoms with van der Waals surface area (Å²) in [5.41, 5.74) is 0. The molecule has 0 radical (unpaired) electrons. The van der Waals surface area contributed by atoms with Crippen molar-refractivity contribution in [2.45, 2.75) is 0 Å². The normalized spacial score (nSPS) is 13.6. The minimum atomic E-state index is -5.29. The van der Waals surface area contributed by atoms with Crippen molar-refractivity contribution >= 4 is 23.4 Å². The fraction of sp³-hybridized carbons (Fsp3) is 0. The van der Waals surface area contributed by atoms with Crippen LogP contribution >= 0.6 is 0 Å². The first-order chi connectivity index (χ1) is 5.12. The Kier molecular flexibility index (Phi) is 2.70. The van der Waals surface area contributed by atoms with E-state index in [1.54, 1.807) is 0 Å². The van der Waals surface area contributed by atoms with Crippen LogP contribution in [0.25, 0.3) is 0 Å². The van der Waals surface area contributed by atoms with E-state index in [0.29, 0.717) is 0 Å². The van der Waals surface area contributed by atoms with Gasteiger partial charge in [0.2, 0.25) is 0 Å². The van der Waals surface area contributed by atoms with Gasteiger partial charge >= 0.3 is 62.2 Å². The Bertz CT molecular complexity index is 169. The molecule has 0 aliphatic rings. The van der Waals surface area contributed by atoms with Gasteiger partial charge in [-0.05, 0) is 0 Å².